The van der Waals surface area contributed by atoms with E-state index in [0.29, 0.717) is 22.7 Å². The smallest absolute Gasteiger partial charge is 0.296 e. The molecule has 0 saturated heterocycles. The number of nitrogen functional groups attached to an aromatic ring is 3. The minimum atomic E-state index is -4.81. The summed E-state index contributed by atoms with van der Waals surface area (Å²) in [6.45, 7) is 0. The Morgan fingerprint density at radius 3 is 1.95 bits per heavy atom. The van der Waals surface area contributed by atoms with E-state index in [1.807, 2.05) is 0 Å². The van der Waals surface area contributed by atoms with Crippen LogP contribution in [0.3, 0.4) is 0 Å². The molecule has 0 bridgehead atoms. The number of sulfonamides is 1. The molecule has 0 aromatic heterocycles. The second-order valence-corrected chi connectivity index (χ2v) is 12.4. The van der Waals surface area contributed by atoms with Crippen LogP contribution in [0.2, 0.25) is 0 Å². The molecule has 0 radical (unpaired) electrons. The van der Waals surface area contributed by atoms with Crippen LogP contribution in [0, 0.1) is 0 Å². The van der Waals surface area contributed by atoms with Crippen LogP contribution in [0.25, 0.3) is 10.8 Å². The number of hydrogen-bond acceptors (Lipinski definition) is 12. The molecule has 9 N–H and O–H groups in total. The summed E-state index contributed by atoms with van der Waals surface area (Å²) in [4.78, 5) is -0.777. The van der Waals surface area contributed by atoms with Crippen molar-refractivity contribution in [1.29, 1.82) is 0 Å². The van der Waals surface area contributed by atoms with Crippen molar-refractivity contribution in [1.82, 2.24) is 0 Å². The average molecular weight is 633 g/mol. The van der Waals surface area contributed by atoms with E-state index < -0.39 is 36.5 Å². The molecular weight excluding hydrogens is 608 g/mol. The van der Waals surface area contributed by atoms with Crippen LogP contribution in [0.4, 0.5) is 45.5 Å². The fourth-order valence-corrected chi connectivity index (χ4v) is 5.82. The van der Waals surface area contributed by atoms with E-state index >= 15 is 0 Å². The summed E-state index contributed by atoms with van der Waals surface area (Å²) in [5, 5.41) is 27.1. The van der Waals surface area contributed by atoms with E-state index in [0.717, 1.165) is 6.07 Å². The highest BCUT2D eigenvalue weighted by Gasteiger charge is 2.23. The number of nitrogens with two attached hydrogens (primary N) is 3. The Labute approximate surface area is 251 Å². The molecule has 14 nitrogen and oxygen atoms in total. The molecule has 5 aromatic rings. The molecule has 0 atom stereocenters. The molecule has 0 amide bonds. The second-order valence-electron chi connectivity index (χ2n) is 9.36. The van der Waals surface area contributed by atoms with E-state index in [1.54, 1.807) is 36.4 Å². The zero-order chi connectivity index (χ0) is 31.6. The summed E-state index contributed by atoms with van der Waals surface area (Å²) in [6, 6.07) is 21.8. The molecule has 0 aliphatic heterocycles. The SMILES string of the molecule is Nc1ccc(N=Nc2ccc(NS(=O)(=O)c3ccc(N=Nc4c(S(=O)(=O)O)cc5cccc(N)c5c4O)cc3)cc2)c(N)c1. The highest BCUT2D eigenvalue weighted by atomic mass is 32.2. The van der Waals surface area contributed by atoms with E-state index in [4.69, 9.17) is 17.2 Å². The van der Waals surface area contributed by atoms with E-state index in [-0.39, 0.29) is 32.7 Å². The Hall–Kier alpha value is -5.58. The first kappa shape index (κ1) is 29.9. The van der Waals surface area contributed by atoms with Crippen LogP contribution >= 0.6 is 0 Å². The Morgan fingerprint density at radius 1 is 0.682 bits per heavy atom. The Morgan fingerprint density at radius 2 is 1.32 bits per heavy atom. The van der Waals surface area contributed by atoms with Crippen molar-refractivity contribution in [2.45, 2.75) is 9.79 Å². The van der Waals surface area contributed by atoms with Gasteiger partial charge >= 0.3 is 0 Å². The van der Waals surface area contributed by atoms with Crippen molar-refractivity contribution in [2.24, 2.45) is 20.5 Å². The standard InChI is InChI=1S/C28H24N8O6S2/c29-17-4-13-24(23(31)15-17)34-32-18-5-7-20(8-6-18)36-43(38,39)21-11-9-19(10-12-21)33-35-27-25(44(40,41)42)14-16-2-1-3-22(30)26(16)28(27)37/h1-15,36-37H,29-31H2,(H,40,41,42). The topological polar surface area (TPSA) is 248 Å². The molecule has 0 aliphatic rings. The number of fused-ring (bicyclic) bond motifs is 1. The van der Waals surface area contributed by atoms with Gasteiger partial charge in [-0.1, -0.05) is 12.1 Å². The molecule has 0 heterocycles. The number of nitrogens with zero attached hydrogens (tertiary/aromatic N) is 4. The summed E-state index contributed by atoms with van der Waals surface area (Å²) >= 11 is 0. The molecule has 0 unspecified atom stereocenters. The molecule has 5 aromatic carbocycles. The minimum absolute atomic E-state index is 0.0982. The van der Waals surface area contributed by atoms with Gasteiger partial charge in [0.1, 0.15) is 16.3 Å². The maximum Gasteiger partial charge on any atom is 0.296 e. The average Bonchev–Trinajstić information content (AvgIpc) is 2.96. The lowest BCUT2D eigenvalue weighted by Gasteiger charge is -2.10. The number of nitrogens with one attached hydrogen (secondary N) is 1. The molecule has 0 aliphatic carbocycles. The number of phenolic OH excluding ortho intramolecular Hbond substituents is 1. The van der Waals surface area contributed by atoms with Crippen molar-refractivity contribution in [3.63, 3.8) is 0 Å². The van der Waals surface area contributed by atoms with Gasteiger partial charge in [-0.25, -0.2) is 8.42 Å². The van der Waals surface area contributed by atoms with Gasteiger partial charge in [0.2, 0.25) is 0 Å². The van der Waals surface area contributed by atoms with Crippen LogP contribution < -0.4 is 21.9 Å². The zero-order valence-corrected chi connectivity index (χ0v) is 24.2. The van der Waals surface area contributed by atoms with Gasteiger partial charge in [0.05, 0.1) is 22.0 Å². The van der Waals surface area contributed by atoms with Crippen LogP contribution in [0.1, 0.15) is 0 Å². The van der Waals surface area contributed by atoms with Gasteiger partial charge in [-0.3, -0.25) is 9.27 Å². The van der Waals surface area contributed by atoms with Crippen LogP contribution in [-0.4, -0.2) is 26.5 Å². The number of azo groups is 2. The molecule has 5 rings (SSSR count). The first-order valence-corrected chi connectivity index (χ1v) is 15.5. The molecule has 16 heteroatoms. The Bertz CT molecular complexity index is 2170. The zero-order valence-electron chi connectivity index (χ0n) is 22.5. The summed E-state index contributed by atoms with van der Waals surface area (Å²) in [5.74, 6) is -0.595. The quantitative estimate of drug-likeness (QED) is 0.0649. The normalized spacial score (nSPS) is 12.3. The third kappa shape index (κ3) is 6.41. The lowest BCUT2D eigenvalue weighted by atomic mass is 10.1. The van der Waals surface area contributed by atoms with Crippen molar-refractivity contribution in [2.75, 3.05) is 21.9 Å². The van der Waals surface area contributed by atoms with Gasteiger partial charge in [0.25, 0.3) is 20.1 Å². The predicted molar refractivity (Wildman–Crippen MR) is 167 cm³/mol. The Kier molecular flexibility index (Phi) is 7.88. The maximum absolute atomic E-state index is 12.9. The van der Waals surface area contributed by atoms with Crippen LogP contribution in [0.5, 0.6) is 5.75 Å². The molecule has 0 fully saturated rings. The first-order valence-electron chi connectivity index (χ1n) is 12.5. The molecule has 0 saturated carbocycles. The summed E-state index contributed by atoms with van der Waals surface area (Å²) in [5.41, 5.74) is 19.3. The summed E-state index contributed by atoms with van der Waals surface area (Å²) in [6.07, 6.45) is 0. The van der Waals surface area contributed by atoms with Gasteiger partial charge in [0, 0.05) is 22.4 Å². The van der Waals surface area contributed by atoms with Gasteiger partial charge in [-0.05, 0) is 84.2 Å². The lowest BCUT2D eigenvalue weighted by molar-refractivity contribution is 0.472. The number of hydrogen-bond donors (Lipinski definition) is 6. The second kappa shape index (κ2) is 11.6. The largest absolute Gasteiger partial charge is 0.505 e. The van der Waals surface area contributed by atoms with E-state index in [9.17, 15) is 26.5 Å². The summed E-state index contributed by atoms with van der Waals surface area (Å²) in [7, 11) is -8.81. The molecular formula is C28H24N8O6S2. The monoisotopic (exact) mass is 632 g/mol. The molecule has 44 heavy (non-hydrogen) atoms. The molecule has 0 spiro atoms. The van der Waals surface area contributed by atoms with Gasteiger partial charge in [-0.15, -0.1) is 10.2 Å². The third-order valence-corrected chi connectivity index (χ3v) is 8.51. The maximum atomic E-state index is 12.9. The lowest BCUT2D eigenvalue weighted by Crippen LogP contribution is -2.12. The Balaban J connectivity index is 1.33. The van der Waals surface area contributed by atoms with Crippen LogP contribution in [-0.2, 0) is 20.1 Å². The molecule has 224 valence electrons. The number of phenols is 1. The summed E-state index contributed by atoms with van der Waals surface area (Å²) < 4.78 is 62.0. The van der Waals surface area contributed by atoms with Gasteiger partial charge in [-0.2, -0.15) is 18.6 Å². The minimum Gasteiger partial charge on any atom is -0.505 e. The number of rotatable bonds is 8. The van der Waals surface area contributed by atoms with Crippen molar-refractivity contribution < 1.29 is 26.5 Å². The van der Waals surface area contributed by atoms with Crippen molar-refractivity contribution in [3.05, 3.63) is 91.0 Å². The third-order valence-electron chi connectivity index (χ3n) is 6.24. The number of benzene rings is 5. The van der Waals surface area contributed by atoms with Gasteiger partial charge < -0.3 is 22.3 Å². The number of aromatic hydroxyl groups is 1. The highest BCUT2D eigenvalue weighted by Crippen LogP contribution is 2.43. The fourth-order valence-electron chi connectivity index (χ4n) is 4.11. The van der Waals surface area contributed by atoms with Crippen molar-refractivity contribution in [3.8, 4) is 5.75 Å². The highest BCUT2D eigenvalue weighted by molar-refractivity contribution is 7.92. The first-order chi connectivity index (χ1) is 20.8. The number of anilines is 4. The van der Waals surface area contributed by atoms with E-state index in [1.165, 1.54) is 48.5 Å². The van der Waals surface area contributed by atoms with Crippen molar-refractivity contribution >= 4 is 76.4 Å². The fraction of sp³-hybridized carbons (Fsp3) is 0. The predicted octanol–water partition coefficient (Wildman–Crippen LogP) is 6.17. The van der Waals surface area contributed by atoms with E-state index in [2.05, 4.69) is 25.2 Å². The van der Waals surface area contributed by atoms with Crippen LogP contribution in [0.15, 0.2) is 121 Å². The van der Waals surface area contributed by atoms with Gasteiger partial charge in [0.15, 0.2) is 5.75 Å².